The van der Waals surface area contributed by atoms with E-state index in [9.17, 15) is 17.9 Å². The molecule has 1 aromatic rings. The predicted molar refractivity (Wildman–Crippen MR) is 55.3 cm³/mol. The summed E-state index contributed by atoms with van der Waals surface area (Å²) in [4.78, 5) is 9.41. The fraction of sp³-hybridized carbons (Fsp3) is 0. The van der Waals surface area contributed by atoms with Gasteiger partial charge in [0.25, 0.3) is 0 Å². The molecule has 15 heavy (non-hydrogen) atoms. The zero-order valence-corrected chi connectivity index (χ0v) is 13.2. The smallest absolute Gasteiger partial charge is 0.744 e. The summed E-state index contributed by atoms with van der Waals surface area (Å²) in [7, 11) is -4.96. The fourth-order valence-corrected chi connectivity index (χ4v) is 2.57. The van der Waals surface area contributed by atoms with E-state index in [-0.39, 0.29) is 44.2 Å². The van der Waals surface area contributed by atoms with Crippen molar-refractivity contribution in [2.24, 2.45) is 5.18 Å². The second-order valence-corrected chi connectivity index (χ2v) is 5.00. The molecule has 76 valence electrons. The van der Waals surface area contributed by atoms with Gasteiger partial charge in [-0.1, -0.05) is 0 Å². The molecule has 0 bridgehead atoms. The van der Waals surface area contributed by atoms with Gasteiger partial charge < -0.3 is 4.55 Å². The van der Waals surface area contributed by atoms with Crippen LogP contribution in [0.25, 0.3) is 0 Å². The van der Waals surface area contributed by atoms with Crippen molar-refractivity contribution in [1.82, 2.24) is 0 Å². The molecule has 0 saturated heterocycles. The van der Waals surface area contributed by atoms with Crippen LogP contribution < -0.4 is 29.6 Å². The van der Waals surface area contributed by atoms with Crippen molar-refractivity contribution in [2.45, 2.75) is 4.90 Å². The molecule has 0 aliphatic rings. The van der Waals surface area contributed by atoms with E-state index in [1.54, 1.807) is 0 Å². The van der Waals surface area contributed by atoms with Gasteiger partial charge in [0.15, 0.2) is 0 Å². The summed E-state index contributed by atoms with van der Waals surface area (Å²) >= 11 is 5.54. The molecule has 0 aliphatic heterocycles. The molecule has 9 heteroatoms. The van der Waals surface area contributed by atoms with Crippen LogP contribution in [-0.4, -0.2) is 13.0 Å². The molecule has 0 spiro atoms. The Morgan fingerprint density at radius 1 is 1.33 bits per heavy atom. The number of benzene rings is 1. The number of nitrogens with zero attached hydrogens (tertiary/aromatic N) is 1. The number of rotatable bonds is 2. The topological polar surface area (TPSA) is 86.6 Å². The van der Waals surface area contributed by atoms with Crippen LogP contribution in [-0.2, 0) is 10.1 Å². The Labute approximate surface area is 128 Å². The molecular weight excluding hydrogens is 365 g/mol. The summed E-state index contributed by atoms with van der Waals surface area (Å²) in [6, 6.07) is -1.50. The van der Waals surface area contributed by atoms with Crippen LogP contribution in [0.15, 0.2) is 31.1 Å². The van der Waals surface area contributed by atoms with Crippen molar-refractivity contribution in [3.05, 3.63) is 25.9 Å². The first-order valence-corrected chi connectivity index (χ1v) is 5.98. The Kier molecular flexibility index (Phi) is 4.74. The van der Waals surface area contributed by atoms with Crippen molar-refractivity contribution in [1.29, 1.82) is 0 Å². The van der Waals surface area contributed by atoms with Gasteiger partial charge >= 0.3 is 29.6 Å². The zero-order chi connectivity index (χ0) is 12.7. The maximum absolute atomic E-state index is 10.8. The normalized spacial score (nSPS) is 12.5. The molecule has 5 nitrogen and oxygen atoms in total. The maximum atomic E-state index is 10.8. The summed E-state index contributed by atoms with van der Waals surface area (Å²) < 4.78 is 46.7. The maximum Gasteiger partial charge on any atom is 1.00 e. The molecule has 0 heterocycles. The summed E-state index contributed by atoms with van der Waals surface area (Å²) in [5, 5.41) is 2.53. The molecule has 0 aliphatic carbocycles. The van der Waals surface area contributed by atoms with E-state index in [4.69, 9.17) is 2.74 Å². The molecule has 1 aromatic carbocycles. The van der Waals surface area contributed by atoms with Crippen molar-refractivity contribution in [3.8, 4) is 0 Å². The summed E-state index contributed by atoms with van der Waals surface area (Å²) in [6.07, 6.45) is 0. The van der Waals surface area contributed by atoms with E-state index in [2.05, 4.69) is 37.0 Å². The van der Waals surface area contributed by atoms with Gasteiger partial charge in [0, 0.05) is 8.95 Å². The number of nitroso groups, excluding NO2 is 1. The quantitative estimate of drug-likeness (QED) is 0.400. The minimum Gasteiger partial charge on any atom is -0.744 e. The third kappa shape index (κ3) is 3.88. The average Bonchev–Trinajstić information content (AvgIpc) is 2.14. The Hall–Kier alpha value is 0.690. The second-order valence-electron chi connectivity index (χ2n) is 2.10. The number of halogens is 2. The molecule has 0 N–H and O–H groups in total. The molecule has 0 saturated carbocycles. The van der Waals surface area contributed by atoms with Gasteiger partial charge in [0.1, 0.15) is 15.8 Å². The van der Waals surface area contributed by atoms with Crippen LogP contribution in [0.1, 0.15) is 2.74 Å². The first-order chi connectivity index (χ1) is 7.21. The van der Waals surface area contributed by atoms with Crippen LogP contribution in [0.4, 0.5) is 5.69 Å². The molecule has 0 atom stereocenters. The molecule has 0 radical (unpaired) electrons. The number of hydrogen-bond donors (Lipinski definition) is 0. The molecular formula is C6H2Br2NNaO4S. The third-order valence-corrected chi connectivity index (χ3v) is 3.06. The van der Waals surface area contributed by atoms with Crippen molar-refractivity contribution < 1.29 is 45.3 Å². The van der Waals surface area contributed by atoms with E-state index in [1.807, 2.05) is 0 Å². The van der Waals surface area contributed by atoms with Gasteiger partial charge in [-0.3, -0.25) is 0 Å². The van der Waals surface area contributed by atoms with Crippen LogP contribution >= 0.6 is 31.9 Å². The summed E-state index contributed by atoms with van der Waals surface area (Å²) in [5.41, 5.74) is -0.331. The van der Waals surface area contributed by atoms with Crippen molar-refractivity contribution in [3.63, 3.8) is 0 Å². The van der Waals surface area contributed by atoms with E-state index >= 15 is 0 Å². The second kappa shape index (κ2) is 5.85. The van der Waals surface area contributed by atoms with Gasteiger partial charge in [-0.25, -0.2) is 8.42 Å². The first kappa shape index (κ1) is 12.2. The summed E-state index contributed by atoms with van der Waals surface area (Å²) in [6.45, 7) is 0. The van der Waals surface area contributed by atoms with Crippen LogP contribution in [0.2, 0.25) is 0 Å². The Balaban J connectivity index is 0.00000256. The SMILES string of the molecule is [2H]c1c(Br)c(N=O)c(Br)c([2H])c1S(=O)(=O)[O-].[Na+]. The van der Waals surface area contributed by atoms with Crippen molar-refractivity contribution >= 4 is 47.7 Å². The molecule has 0 amide bonds. The van der Waals surface area contributed by atoms with E-state index in [0.717, 1.165) is 0 Å². The van der Waals surface area contributed by atoms with Crippen LogP contribution in [0, 0.1) is 4.91 Å². The van der Waals surface area contributed by atoms with Crippen LogP contribution in [0.5, 0.6) is 0 Å². The summed E-state index contributed by atoms with van der Waals surface area (Å²) in [5.74, 6) is 0. The standard InChI is InChI=1S/C6H3Br2NO4S.Na/c7-4-1-3(14(11,12)13)2-5(8)6(4)9-10;/h1-2H,(H,11,12,13);/q;+1/p-1/i1D,2D;. The molecule has 0 fully saturated rings. The molecule has 0 aromatic heterocycles. The van der Waals surface area contributed by atoms with E-state index in [0.29, 0.717) is 0 Å². The monoisotopic (exact) mass is 367 g/mol. The Morgan fingerprint density at radius 2 is 1.73 bits per heavy atom. The fourth-order valence-electron chi connectivity index (χ4n) is 0.651. The Morgan fingerprint density at radius 3 is 2.00 bits per heavy atom. The van der Waals surface area contributed by atoms with Gasteiger partial charge in [-0.15, -0.1) is 4.91 Å². The molecule has 1 rings (SSSR count). The minimum atomic E-state index is -4.96. The number of hydrogen-bond acceptors (Lipinski definition) is 5. The largest absolute Gasteiger partial charge is 1.00 e. The first-order valence-electron chi connectivity index (χ1n) is 3.99. The average molecular weight is 369 g/mol. The van der Waals surface area contributed by atoms with Gasteiger partial charge in [0.2, 0.25) is 0 Å². The Bertz CT molecular complexity index is 551. The van der Waals surface area contributed by atoms with Gasteiger partial charge in [-0.2, -0.15) is 0 Å². The third-order valence-electron chi connectivity index (χ3n) is 1.20. The van der Waals surface area contributed by atoms with Crippen molar-refractivity contribution in [2.75, 3.05) is 0 Å². The van der Waals surface area contributed by atoms with Crippen LogP contribution in [0.3, 0.4) is 0 Å². The predicted octanol–water partition coefficient (Wildman–Crippen LogP) is -0.482. The zero-order valence-electron chi connectivity index (χ0n) is 9.24. The van der Waals surface area contributed by atoms with E-state index < -0.39 is 27.1 Å². The minimum absolute atomic E-state index is 0. The van der Waals surface area contributed by atoms with Gasteiger partial charge in [0.05, 0.1) is 7.64 Å². The van der Waals surface area contributed by atoms with E-state index in [1.165, 1.54) is 0 Å². The van der Waals surface area contributed by atoms with Gasteiger partial charge in [-0.05, 0) is 49.1 Å². The molecule has 0 unspecified atom stereocenters.